The lowest BCUT2D eigenvalue weighted by Crippen LogP contribution is -2.22. The van der Waals surface area contributed by atoms with E-state index in [1.165, 1.54) is 12.8 Å². The molecule has 1 N–H and O–H groups in total. The van der Waals surface area contributed by atoms with Crippen LogP contribution in [0.5, 0.6) is 0 Å². The lowest BCUT2D eigenvalue weighted by atomic mass is 10.4. The summed E-state index contributed by atoms with van der Waals surface area (Å²) < 4.78 is 1.76. The summed E-state index contributed by atoms with van der Waals surface area (Å²) in [7, 11) is 0. The third-order valence-electron chi connectivity index (χ3n) is 2.49. The van der Waals surface area contributed by atoms with Gasteiger partial charge in [0.1, 0.15) is 0 Å². The van der Waals surface area contributed by atoms with Crippen LogP contribution < -0.4 is 10.9 Å². The van der Waals surface area contributed by atoms with Gasteiger partial charge < -0.3 is 9.88 Å². The SMILES string of the molecule is O=c1ccccn1CCCNC1CC1. The Morgan fingerprint density at radius 1 is 1.43 bits per heavy atom. The first-order valence-corrected chi connectivity index (χ1v) is 5.25. The quantitative estimate of drug-likeness (QED) is 0.706. The van der Waals surface area contributed by atoms with E-state index in [2.05, 4.69) is 5.32 Å². The topological polar surface area (TPSA) is 34.0 Å². The second kappa shape index (κ2) is 4.42. The Kier molecular flexibility index (Phi) is 2.99. The van der Waals surface area contributed by atoms with E-state index in [9.17, 15) is 4.79 Å². The summed E-state index contributed by atoms with van der Waals surface area (Å²) in [5.74, 6) is 0. The Labute approximate surface area is 83.8 Å². The van der Waals surface area contributed by atoms with Gasteiger partial charge in [-0.05, 0) is 31.9 Å². The van der Waals surface area contributed by atoms with Crippen LogP contribution in [0, 0.1) is 0 Å². The molecule has 0 saturated heterocycles. The minimum Gasteiger partial charge on any atom is -0.315 e. The van der Waals surface area contributed by atoms with Crippen LogP contribution >= 0.6 is 0 Å². The van der Waals surface area contributed by atoms with Crippen molar-refractivity contribution in [2.24, 2.45) is 0 Å². The van der Waals surface area contributed by atoms with Crippen LogP contribution in [0.15, 0.2) is 29.2 Å². The Morgan fingerprint density at radius 3 is 3.00 bits per heavy atom. The first-order valence-electron chi connectivity index (χ1n) is 5.25. The van der Waals surface area contributed by atoms with Gasteiger partial charge in [0.25, 0.3) is 0 Å². The van der Waals surface area contributed by atoms with E-state index in [4.69, 9.17) is 0 Å². The first kappa shape index (κ1) is 9.46. The molecule has 0 bridgehead atoms. The molecule has 1 aromatic rings. The monoisotopic (exact) mass is 192 g/mol. The van der Waals surface area contributed by atoms with E-state index in [0.717, 1.165) is 25.6 Å². The van der Waals surface area contributed by atoms with Crippen LogP contribution in [0.3, 0.4) is 0 Å². The molecule has 0 aromatic carbocycles. The summed E-state index contributed by atoms with van der Waals surface area (Å²) in [5, 5.41) is 3.43. The summed E-state index contributed by atoms with van der Waals surface area (Å²) in [6.45, 7) is 1.84. The van der Waals surface area contributed by atoms with Crippen molar-refractivity contribution in [3.8, 4) is 0 Å². The fourth-order valence-corrected chi connectivity index (χ4v) is 1.49. The smallest absolute Gasteiger partial charge is 0.250 e. The molecule has 0 unspecified atom stereocenters. The predicted molar refractivity (Wildman–Crippen MR) is 56.3 cm³/mol. The maximum atomic E-state index is 11.3. The van der Waals surface area contributed by atoms with Crippen LogP contribution in [0.4, 0.5) is 0 Å². The molecule has 0 amide bonds. The van der Waals surface area contributed by atoms with E-state index < -0.39 is 0 Å². The highest BCUT2D eigenvalue weighted by molar-refractivity contribution is 4.93. The summed E-state index contributed by atoms with van der Waals surface area (Å²) in [6.07, 6.45) is 5.52. The highest BCUT2D eigenvalue weighted by Crippen LogP contribution is 2.18. The van der Waals surface area contributed by atoms with Crippen molar-refractivity contribution in [3.05, 3.63) is 34.7 Å². The number of aryl methyl sites for hydroxylation is 1. The maximum Gasteiger partial charge on any atom is 0.250 e. The molecule has 3 nitrogen and oxygen atoms in total. The average molecular weight is 192 g/mol. The molecule has 0 atom stereocenters. The van der Waals surface area contributed by atoms with Gasteiger partial charge in [-0.2, -0.15) is 0 Å². The highest BCUT2D eigenvalue weighted by Gasteiger charge is 2.19. The van der Waals surface area contributed by atoms with Crippen molar-refractivity contribution < 1.29 is 0 Å². The standard InChI is InChI=1S/C11H16N2O/c14-11-4-1-2-8-13(11)9-3-7-12-10-5-6-10/h1-2,4,8,10,12H,3,5-7,9H2. The molecule has 0 aliphatic heterocycles. The highest BCUT2D eigenvalue weighted by atomic mass is 16.1. The van der Waals surface area contributed by atoms with Gasteiger partial charge in [-0.15, -0.1) is 0 Å². The van der Waals surface area contributed by atoms with Crippen molar-refractivity contribution in [2.75, 3.05) is 6.54 Å². The molecule has 1 heterocycles. The van der Waals surface area contributed by atoms with E-state index in [1.54, 1.807) is 16.7 Å². The molecule has 14 heavy (non-hydrogen) atoms. The average Bonchev–Trinajstić information content (AvgIpc) is 2.99. The molecule has 1 aliphatic rings. The van der Waals surface area contributed by atoms with Crippen LogP contribution in [0.25, 0.3) is 0 Å². The molecule has 0 spiro atoms. The molecular weight excluding hydrogens is 176 g/mol. The zero-order valence-corrected chi connectivity index (χ0v) is 8.28. The van der Waals surface area contributed by atoms with Crippen molar-refractivity contribution in [2.45, 2.75) is 31.8 Å². The third kappa shape index (κ3) is 2.70. The Balaban J connectivity index is 1.73. The van der Waals surface area contributed by atoms with Gasteiger partial charge in [0, 0.05) is 24.8 Å². The summed E-state index contributed by atoms with van der Waals surface area (Å²) in [6, 6.07) is 6.05. The van der Waals surface area contributed by atoms with Gasteiger partial charge in [-0.25, -0.2) is 0 Å². The van der Waals surface area contributed by atoms with E-state index >= 15 is 0 Å². The fraction of sp³-hybridized carbons (Fsp3) is 0.545. The maximum absolute atomic E-state index is 11.3. The molecule has 1 fully saturated rings. The van der Waals surface area contributed by atoms with Crippen LogP contribution in [0.2, 0.25) is 0 Å². The largest absolute Gasteiger partial charge is 0.315 e. The Hall–Kier alpha value is -1.09. The van der Waals surface area contributed by atoms with E-state index in [0.29, 0.717) is 0 Å². The van der Waals surface area contributed by atoms with Crippen LogP contribution in [-0.2, 0) is 6.54 Å². The number of nitrogens with zero attached hydrogens (tertiary/aromatic N) is 1. The summed E-state index contributed by atoms with van der Waals surface area (Å²) in [5.41, 5.74) is 0.0962. The number of pyridine rings is 1. The van der Waals surface area contributed by atoms with Crippen molar-refractivity contribution in [1.29, 1.82) is 0 Å². The molecule has 3 heteroatoms. The molecule has 1 saturated carbocycles. The minimum absolute atomic E-state index is 0.0962. The number of aromatic nitrogens is 1. The minimum atomic E-state index is 0.0962. The van der Waals surface area contributed by atoms with Gasteiger partial charge in [0.05, 0.1) is 0 Å². The molecule has 0 radical (unpaired) electrons. The molecular formula is C11H16N2O. The van der Waals surface area contributed by atoms with Crippen molar-refractivity contribution in [3.63, 3.8) is 0 Å². The number of hydrogen-bond donors (Lipinski definition) is 1. The lowest BCUT2D eigenvalue weighted by molar-refractivity contribution is 0.568. The number of rotatable bonds is 5. The Morgan fingerprint density at radius 2 is 2.29 bits per heavy atom. The van der Waals surface area contributed by atoms with E-state index in [1.807, 2.05) is 12.3 Å². The third-order valence-corrected chi connectivity index (χ3v) is 2.49. The van der Waals surface area contributed by atoms with Gasteiger partial charge in [-0.3, -0.25) is 4.79 Å². The van der Waals surface area contributed by atoms with Gasteiger partial charge >= 0.3 is 0 Å². The van der Waals surface area contributed by atoms with E-state index in [-0.39, 0.29) is 5.56 Å². The number of hydrogen-bond acceptors (Lipinski definition) is 2. The van der Waals surface area contributed by atoms with Gasteiger partial charge in [-0.1, -0.05) is 6.07 Å². The van der Waals surface area contributed by atoms with Gasteiger partial charge in [0.2, 0.25) is 5.56 Å². The van der Waals surface area contributed by atoms with Crippen LogP contribution in [0.1, 0.15) is 19.3 Å². The number of nitrogens with one attached hydrogen (secondary N) is 1. The van der Waals surface area contributed by atoms with Crippen molar-refractivity contribution >= 4 is 0 Å². The van der Waals surface area contributed by atoms with Crippen LogP contribution in [-0.4, -0.2) is 17.2 Å². The van der Waals surface area contributed by atoms with Gasteiger partial charge in [0.15, 0.2) is 0 Å². The molecule has 1 aliphatic carbocycles. The zero-order chi connectivity index (χ0) is 9.80. The fourth-order valence-electron chi connectivity index (χ4n) is 1.49. The first-order chi connectivity index (χ1) is 6.86. The normalized spacial score (nSPS) is 15.7. The predicted octanol–water partition coefficient (Wildman–Crippen LogP) is 0.990. The summed E-state index contributed by atoms with van der Waals surface area (Å²) >= 11 is 0. The second-order valence-electron chi connectivity index (χ2n) is 3.81. The Bertz CT molecular complexity index is 341. The second-order valence-corrected chi connectivity index (χ2v) is 3.81. The summed E-state index contributed by atoms with van der Waals surface area (Å²) in [4.78, 5) is 11.3. The molecule has 2 rings (SSSR count). The van der Waals surface area contributed by atoms with Crippen molar-refractivity contribution in [1.82, 2.24) is 9.88 Å². The molecule has 1 aromatic heterocycles. The molecule has 76 valence electrons. The zero-order valence-electron chi connectivity index (χ0n) is 8.28. The lowest BCUT2D eigenvalue weighted by Gasteiger charge is -2.05.